The number of benzene rings is 1. The van der Waals surface area contributed by atoms with E-state index < -0.39 is 5.78 Å². The number of ketones is 1. The first-order valence-corrected chi connectivity index (χ1v) is 4.96. The maximum Gasteiger partial charge on any atom is 0.174 e. The Balaban J connectivity index is 3.46. The summed E-state index contributed by atoms with van der Waals surface area (Å²) in [6.07, 6.45) is 0. The standard InChI is InChI=1S/C12H10ClNO2/c1-7-9(4-3-5-11(7)13)12(16)10(6-14)8(2)15/h3-5,16H,1-2H3. The van der Waals surface area contributed by atoms with Gasteiger partial charge >= 0.3 is 0 Å². The van der Waals surface area contributed by atoms with Gasteiger partial charge < -0.3 is 5.11 Å². The molecule has 0 unspecified atom stereocenters. The zero-order chi connectivity index (χ0) is 12.3. The molecule has 0 aliphatic carbocycles. The second-order valence-electron chi connectivity index (χ2n) is 3.30. The molecule has 1 rings (SSSR count). The number of aliphatic hydroxyl groups is 1. The molecule has 1 N–H and O–H groups in total. The van der Waals surface area contributed by atoms with Crippen LogP contribution in [-0.2, 0) is 4.79 Å². The molecule has 0 saturated heterocycles. The first kappa shape index (κ1) is 12.3. The Morgan fingerprint density at radius 1 is 1.50 bits per heavy atom. The second kappa shape index (κ2) is 4.82. The number of halogens is 1. The molecule has 82 valence electrons. The van der Waals surface area contributed by atoms with Crippen molar-refractivity contribution in [2.45, 2.75) is 13.8 Å². The lowest BCUT2D eigenvalue weighted by Gasteiger charge is -2.07. The van der Waals surface area contributed by atoms with Crippen LogP contribution in [0.4, 0.5) is 0 Å². The lowest BCUT2D eigenvalue weighted by molar-refractivity contribution is -0.113. The quantitative estimate of drug-likeness (QED) is 0.487. The number of nitrogens with zero attached hydrogens (tertiary/aromatic N) is 1. The highest BCUT2D eigenvalue weighted by Gasteiger charge is 2.14. The number of hydrogen-bond acceptors (Lipinski definition) is 3. The third-order valence-corrected chi connectivity index (χ3v) is 2.63. The van der Waals surface area contributed by atoms with Gasteiger partial charge in [0.25, 0.3) is 0 Å². The van der Waals surface area contributed by atoms with Gasteiger partial charge in [-0.15, -0.1) is 0 Å². The summed E-state index contributed by atoms with van der Waals surface area (Å²) in [5, 5.41) is 19.1. The van der Waals surface area contributed by atoms with E-state index >= 15 is 0 Å². The number of hydrogen-bond donors (Lipinski definition) is 1. The van der Waals surface area contributed by atoms with E-state index in [0.29, 0.717) is 16.1 Å². The Hall–Kier alpha value is -1.79. The summed E-state index contributed by atoms with van der Waals surface area (Å²) in [6.45, 7) is 2.94. The topological polar surface area (TPSA) is 61.1 Å². The van der Waals surface area contributed by atoms with Gasteiger partial charge in [0.2, 0.25) is 0 Å². The maximum absolute atomic E-state index is 11.1. The molecule has 0 bridgehead atoms. The van der Waals surface area contributed by atoms with E-state index in [4.69, 9.17) is 16.9 Å². The minimum Gasteiger partial charge on any atom is -0.506 e. The van der Waals surface area contributed by atoms with E-state index in [1.54, 1.807) is 31.2 Å². The van der Waals surface area contributed by atoms with Crippen molar-refractivity contribution in [2.24, 2.45) is 0 Å². The molecule has 3 nitrogen and oxygen atoms in total. The van der Waals surface area contributed by atoms with Gasteiger partial charge in [0, 0.05) is 17.5 Å². The highest BCUT2D eigenvalue weighted by molar-refractivity contribution is 6.31. The van der Waals surface area contributed by atoms with E-state index in [9.17, 15) is 9.90 Å². The van der Waals surface area contributed by atoms with Crippen molar-refractivity contribution in [1.82, 2.24) is 0 Å². The monoisotopic (exact) mass is 235 g/mol. The summed E-state index contributed by atoms with van der Waals surface area (Å²) in [5.74, 6) is -0.797. The molecule has 0 heterocycles. The number of rotatable bonds is 2. The Morgan fingerprint density at radius 2 is 2.12 bits per heavy atom. The fraction of sp³-hybridized carbons (Fsp3) is 0.167. The fourth-order valence-electron chi connectivity index (χ4n) is 1.30. The van der Waals surface area contributed by atoms with Crippen LogP contribution in [0.15, 0.2) is 23.8 Å². The van der Waals surface area contributed by atoms with Crippen LogP contribution in [-0.4, -0.2) is 10.9 Å². The average Bonchev–Trinajstić information content (AvgIpc) is 2.22. The van der Waals surface area contributed by atoms with Gasteiger partial charge in [-0.05, 0) is 18.6 Å². The molecule has 4 heteroatoms. The van der Waals surface area contributed by atoms with Crippen molar-refractivity contribution >= 4 is 23.1 Å². The lowest BCUT2D eigenvalue weighted by Crippen LogP contribution is -2.00. The number of Topliss-reactive ketones (excluding diaryl/α,β-unsaturated/α-hetero) is 1. The van der Waals surface area contributed by atoms with E-state index in [2.05, 4.69) is 0 Å². The molecule has 16 heavy (non-hydrogen) atoms. The van der Waals surface area contributed by atoms with Crippen molar-refractivity contribution in [3.05, 3.63) is 39.9 Å². The molecular weight excluding hydrogens is 226 g/mol. The molecule has 1 aromatic carbocycles. The van der Waals surface area contributed by atoms with E-state index in [1.807, 2.05) is 0 Å². The Kier molecular flexibility index (Phi) is 3.70. The van der Waals surface area contributed by atoms with Crippen molar-refractivity contribution in [3.63, 3.8) is 0 Å². The highest BCUT2D eigenvalue weighted by atomic mass is 35.5. The number of carbonyl (C=O) groups is 1. The Bertz CT molecular complexity index is 512. The van der Waals surface area contributed by atoms with Gasteiger partial charge in [0.15, 0.2) is 5.78 Å². The summed E-state index contributed by atoms with van der Waals surface area (Å²) in [6, 6.07) is 6.61. The second-order valence-corrected chi connectivity index (χ2v) is 3.71. The normalized spacial score (nSPS) is 11.6. The molecule has 0 atom stereocenters. The molecule has 1 aromatic rings. The predicted molar refractivity (Wildman–Crippen MR) is 62.0 cm³/mol. The first-order chi connectivity index (χ1) is 7.49. The molecule has 0 radical (unpaired) electrons. The van der Waals surface area contributed by atoms with Gasteiger partial charge in [0.05, 0.1) is 0 Å². The zero-order valence-corrected chi connectivity index (χ0v) is 9.67. The van der Waals surface area contributed by atoms with Crippen LogP contribution in [0, 0.1) is 18.3 Å². The molecule has 0 saturated carbocycles. The van der Waals surface area contributed by atoms with Crippen molar-refractivity contribution in [1.29, 1.82) is 5.26 Å². The predicted octanol–water partition coefficient (Wildman–Crippen LogP) is 3.03. The Morgan fingerprint density at radius 3 is 2.62 bits per heavy atom. The number of nitriles is 1. The van der Waals surface area contributed by atoms with Gasteiger partial charge in [-0.3, -0.25) is 4.79 Å². The molecule has 0 amide bonds. The third-order valence-electron chi connectivity index (χ3n) is 2.22. The number of aliphatic hydroxyl groups excluding tert-OH is 1. The summed E-state index contributed by atoms with van der Waals surface area (Å²) in [5.41, 5.74) is 0.778. The van der Waals surface area contributed by atoms with Crippen LogP contribution in [0.1, 0.15) is 18.1 Å². The fourth-order valence-corrected chi connectivity index (χ4v) is 1.47. The molecule has 0 fully saturated rings. The highest BCUT2D eigenvalue weighted by Crippen LogP contribution is 2.25. The van der Waals surface area contributed by atoms with Crippen LogP contribution >= 0.6 is 11.6 Å². The number of carbonyl (C=O) groups excluding carboxylic acids is 1. The SMILES string of the molecule is CC(=O)C(C#N)=C(O)c1cccc(Cl)c1C. The largest absolute Gasteiger partial charge is 0.506 e. The van der Waals surface area contributed by atoms with Gasteiger partial charge in [-0.25, -0.2) is 0 Å². The van der Waals surface area contributed by atoms with Crippen molar-refractivity contribution in [3.8, 4) is 6.07 Å². The van der Waals surface area contributed by atoms with Gasteiger partial charge in [0.1, 0.15) is 17.4 Å². The van der Waals surface area contributed by atoms with E-state index in [0.717, 1.165) is 0 Å². The molecular formula is C12H10ClNO2. The third kappa shape index (κ3) is 2.23. The summed E-state index contributed by atoms with van der Waals surface area (Å²) in [7, 11) is 0. The van der Waals surface area contributed by atoms with Gasteiger partial charge in [-0.2, -0.15) is 5.26 Å². The average molecular weight is 236 g/mol. The summed E-state index contributed by atoms with van der Waals surface area (Å²) >= 11 is 5.88. The first-order valence-electron chi connectivity index (χ1n) is 4.58. The minimum absolute atomic E-state index is 0.259. The maximum atomic E-state index is 11.1. The smallest absolute Gasteiger partial charge is 0.174 e. The number of allylic oxidation sites excluding steroid dienone is 1. The van der Waals surface area contributed by atoms with Crippen molar-refractivity contribution in [2.75, 3.05) is 0 Å². The summed E-state index contributed by atoms with van der Waals surface area (Å²) < 4.78 is 0. The van der Waals surface area contributed by atoms with Crippen LogP contribution in [0.25, 0.3) is 5.76 Å². The van der Waals surface area contributed by atoms with E-state index in [1.165, 1.54) is 6.92 Å². The molecule has 0 aliphatic rings. The minimum atomic E-state index is -0.473. The lowest BCUT2D eigenvalue weighted by atomic mass is 10.0. The van der Waals surface area contributed by atoms with Crippen LogP contribution in [0.5, 0.6) is 0 Å². The molecule has 0 aromatic heterocycles. The van der Waals surface area contributed by atoms with Crippen molar-refractivity contribution < 1.29 is 9.90 Å². The molecule has 0 spiro atoms. The van der Waals surface area contributed by atoms with Crippen LogP contribution in [0.3, 0.4) is 0 Å². The summed E-state index contributed by atoms with van der Waals surface area (Å²) in [4.78, 5) is 11.1. The van der Waals surface area contributed by atoms with Crippen LogP contribution < -0.4 is 0 Å². The molecule has 0 aliphatic heterocycles. The van der Waals surface area contributed by atoms with Gasteiger partial charge in [-0.1, -0.05) is 23.7 Å². The van der Waals surface area contributed by atoms with E-state index in [-0.39, 0.29) is 11.3 Å². The van der Waals surface area contributed by atoms with Crippen LogP contribution in [0.2, 0.25) is 5.02 Å². The zero-order valence-electron chi connectivity index (χ0n) is 8.91. The Labute approximate surface area is 98.6 Å².